The van der Waals surface area contributed by atoms with Crippen molar-refractivity contribution in [3.05, 3.63) is 30.3 Å². The fourth-order valence-corrected chi connectivity index (χ4v) is 2.46. The summed E-state index contributed by atoms with van der Waals surface area (Å²) in [6.07, 6.45) is -6.37. The van der Waals surface area contributed by atoms with E-state index in [1.807, 2.05) is 24.3 Å². The summed E-state index contributed by atoms with van der Waals surface area (Å²) in [7, 11) is 0. The topological polar surface area (TPSA) is 115 Å². The number of aromatic nitrogens is 1. The van der Waals surface area contributed by atoms with Gasteiger partial charge in [0.2, 0.25) is 0 Å². The van der Waals surface area contributed by atoms with Crippen molar-refractivity contribution in [2.24, 2.45) is 0 Å². The van der Waals surface area contributed by atoms with Crippen LogP contribution in [0.2, 0.25) is 0 Å². The molecule has 1 aromatic heterocycles. The quantitative estimate of drug-likeness (QED) is 0.514. The highest BCUT2D eigenvalue weighted by atomic mass is 16.7. The molecule has 1 saturated heterocycles. The van der Waals surface area contributed by atoms with Crippen molar-refractivity contribution in [1.29, 1.82) is 0 Å². The molecule has 0 spiro atoms. The molecule has 1 aliphatic rings. The molecular weight excluding hydrogens is 278 g/mol. The Bertz CT molecular complexity index is 581. The standard InChI is InChI=1S/C14H17NO6/c16-6-9-11(17)12(18)13(14(19)20-9)21-10-5-7-3-1-2-4-8(7)15-10/h1-5,9,11-19H,6H2/t9-,11+,12+,13-,14+/m1/s1. The van der Waals surface area contributed by atoms with Gasteiger partial charge in [-0.3, -0.25) is 0 Å². The molecule has 5 N–H and O–H groups in total. The molecule has 2 heterocycles. The van der Waals surface area contributed by atoms with E-state index in [2.05, 4.69) is 4.98 Å². The highest BCUT2D eigenvalue weighted by Crippen LogP contribution is 2.26. The van der Waals surface area contributed by atoms with Crippen molar-refractivity contribution < 1.29 is 29.9 Å². The summed E-state index contributed by atoms with van der Waals surface area (Å²) in [5.41, 5.74) is 0.849. The van der Waals surface area contributed by atoms with Gasteiger partial charge in [0.25, 0.3) is 0 Å². The molecule has 1 aliphatic heterocycles. The molecule has 7 nitrogen and oxygen atoms in total. The lowest BCUT2D eigenvalue weighted by molar-refractivity contribution is -0.280. The lowest BCUT2D eigenvalue weighted by Crippen LogP contribution is -2.60. The number of fused-ring (bicyclic) bond motifs is 1. The number of aliphatic hydroxyl groups excluding tert-OH is 4. The first kappa shape index (κ1) is 14.3. The van der Waals surface area contributed by atoms with Crippen LogP contribution in [-0.4, -0.2) is 62.7 Å². The van der Waals surface area contributed by atoms with Crippen molar-refractivity contribution in [3.8, 4) is 5.88 Å². The van der Waals surface area contributed by atoms with Crippen LogP contribution in [0.25, 0.3) is 10.9 Å². The number of hydrogen-bond donors (Lipinski definition) is 5. The molecule has 0 aliphatic carbocycles. The number of ether oxygens (including phenoxy) is 2. The number of benzene rings is 1. The highest BCUT2D eigenvalue weighted by molar-refractivity contribution is 5.81. The van der Waals surface area contributed by atoms with Crippen LogP contribution in [0.5, 0.6) is 5.88 Å². The first-order valence-corrected chi connectivity index (χ1v) is 6.65. The fraction of sp³-hybridized carbons (Fsp3) is 0.429. The maximum Gasteiger partial charge on any atom is 0.195 e. The second kappa shape index (κ2) is 5.63. The van der Waals surface area contributed by atoms with Crippen LogP contribution in [0.4, 0.5) is 0 Å². The molecule has 0 radical (unpaired) electrons. The minimum atomic E-state index is -1.45. The van der Waals surface area contributed by atoms with Gasteiger partial charge in [0.1, 0.15) is 18.3 Å². The van der Waals surface area contributed by atoms with Gasteiger partial charge in [-0.05, 0) is 6.07 Å². The monoisotopic (exact) mass is 295 g/mol. The third kappa shape index (κ3) is 2.61. The number of aromatic amines is 1. The maximum absolute atomic E-state index is 10.0. The summed E-state index contributed by atoms with van der Waals surface area (Å²) >= 11 is 0. The molecule has 5 atom stereocenters. The molecule has 1 aromatic carbocycles. The van der Waals surface area contributed by atoms with Gasteiger partial charge in [0, 0.05) is 17.0 Å². The number of para-hydroxylation sites is 1. The van der Waals surface area contributed by atoms with Gasteiger partial charge in [0.15, 0.2) is 18.3 Å². The van der Waals surface area contributed by atoms with E-state index in [9.17, 15) is 15.3 Å². The van der Waals surface area contributed by atoms with E-state index >= 15 is 0 Å². The molecule has 1 fully saturated rings. The van der Waals surface area contributed by atoms with Crippen molar-refractivity contribution in [2.75, 3.05) is 6.61 Å². The van der Waals surface area contributed by atoms with Crippen molar-refractivity contribution in [2.45, 2.75) is 30.7 Å². The zero-order valence-corrected chi connectivity index (χ0v) is 11.1. The van der Waals surface area contributed by atoms with E-state index in [1.54, 1.807) is 6.07 Å². The van der Waals surface area contributed by atoms with Crippen LogP contribution in [0.15, 0.2) is 30.3 Å². The number of H-pyrrole nitrogens is 1. The predicted molar refractivity (Wildman–Crippen MR) is 72.7 cm³/mol. The van der Waals surface area contributed by atoms with Gasteiger partial charge in [-0.15, -0.1) is 0 Å². The third-order valence-corrected chi connectivity index (χ3v) is 3.61. The molecule has 0 amide bonds. The minimum absolute atomic E-state index is 0.345. The molecular formula is C14H17NO6. The van der Waals surface area contributed by atoms with Crippen LogP contribution in [0.1, 0.15) is 0 Å². The second-order valence-electron chi connectivity index (χ2n) is 5.03. The Hall–Kier alpha value is -1.64. The summed E-state index contributed by atoms with van der Waals surface area (Å²) in [6, 6.07) is 9.22. The summed E-state index contributed by atoms with van der Waals surface area (Å²) in [5.74, 6) is 0.345. The van der Waals surface area contributed by atoms with Crippen LogP contribution in [-0.2, 0) is 4.74 Å². The Morgan fingerprint density at radius 2 is 1.90 bits per heavy atom. The van der Waals surface area contributed by atoms with Crippen LogP contribution in [0, 0.1) is 0 Å². The Labute approximate surface area is 120 Å². The fourth-order valence-electron chi connectivity index (χ4n) is 2.46. The molecule has 0 unspecified atom stereocenters. The van der Waals surface area contributed by atoms with Gasteiger partial charge in [-0.1, -0.05) is 18.2 Å². The first-order valence-electron chi connectivity index (χ1n) is 6.65. The minimum Gasteiger partial charge on any atom is -0.467 e. The van der Waals surface area contributed by atoms with E-state index in [-0.39, 0.29) is 0 Å². The van der Waals surface area contributed by atoms with Crippen molar-refractivity contribution >= 4 is 10.9 Å². The number of rotatable bonds is 3. The van der Waals surface area contributed by atoms with Gasteiger partial charge in [-0.25, -0.2) is 0 Å². The maximum atomic E-state index is 10.0. The molecule has 7 heteroatoms. The van der Waals surface area contributed by atoms with E-state index < -0.39 is 37.3 Å². The van der Waals surface area contributed by atoms with Crippen molar-refractivity contribution in [1.82, 2.24) is 4.98 Å². The number of nitrogens with one attached hydrogen (secondary N) is 1. The largest absolute Gasteiger partial charge is 0.467 e. The SMILES string of the molecule is OC[C@H]1O[C@H](O)[C@H](Oc2cc3ccccc3[nH]2)[C@@H](O)[C@H]1O. The van der Waals surface area contributed by atoms with Crippen LogP contribution < -0.4 is 4.74 Å². The Morgan fingerprint density at radius 1 is 1.14 bits per heavy atom. The first-order chi connectivity index (χ1) is 10.1. The van der Waals surface area contributed by atoms with Gasteiger partial charge >= 0.3 is 0 Å². The predicted octanol–water partition coefficient (Wildman–Crippen LogP) is -0.653. The molecule has 3 rings (SSSR count). The zero-order valence-electron chi connectivity index (χ0n) is 11.1. The molecule has 0 bridgehead atoms. The van der Waals surface area contributed by atoms with Gasteiger partial charge < -0.3 is 34.9 Å². The van der Waals surface area contributed by atoms with Gasteiger partial charge in [0.05, 0.1) is 6.61 Å². The van der Waals surface area contributed by atoms with Crippen LogP contribution >= 0.6 is 0 Å². The van der Waals surface area contributed by atoms with Crippen molar-refractivity contribution in [3.63, 3.8) is 0 Å². The number of hydrogen-bond acceptors (Lipinski definition) is 6. The molecule has 2 aromatic rings. The lowest BCUT2D eigenvalue weighted by atomic mass is 9.99. The molecule has 21 heavy (non-hydrogen) atoms. The lowest BCUT2D eigenvalue weighted by Gasteiger charge is -2.39. The molecule has 0 saturated carbocycles. The summed E-state index contributed by atoms with van der Waals surface area (Å²) < 4.78 is 10.5. The van der Waals surface area contributed by atoms with E-state index in [1.165, 1.54) is 0 Å². The Morgan fingerprint density at radius 3 is 2.62 bits per heavy atom. The molecule has 114 valence electrons. The van der Waals surface area contributed by atoms with E-state index in [4.69, 9.17) is 14.6 Å². The van der Waals surface area contributed by atoms with E-state index in [0.29, 0.717) is 5.88 Å². The van der Waals surface area contributed by atoms with Gasteiger partial charge in [-0.2, -0.15) is 0 Å². The average Bonchev–Trinajstić information content (AvgIpc) is 2.89. The number of aliphatic hydroxyl groups is 4. The zero-order chi connectivity index (χ0) is 15.0. The third-order valence-electron chi connectivity index (χ3n) is 3.61. The summed E-state index contributed by atoms with van der Waals surface area (Å²) in [4.78, 5) is 2.99. The average molecular weight is 295 g/mol. The van der Waals surface area contributed by atoms with Crippen LogP contribution in [0.3, 0.4) is 0 Å². The summed E-state index contributed by atoms with van der Waals surface area (Å²) in [6.45, 7) is -0.506. The Kier molecular flexibility index (Phi) is 3.83. The highest BCUT2D eigenvalue weighted by Gasteiger charge is 2.45. The summed E-state index contributed by atoms with van der Waals surface area (Å²) in [5, 5.41) is 39.6. The normalized spacial score (nSPS) is 33.2. The smallest absolute Gasteiger partial charge is 0.195 e. The second-order valence-corrected chi connectivity index (χ2v) is 5.03. The Balaban J connectivity index is 1.80. The van der Waals surface area contributed by atoms with E-state index in [0.717, 1.165) is 10.9 Å².